The average molecular weight is 426 g/mol. The van der Waals surface area contributed by atoms with E-state index in [9.17, 15) is 9.18 Å². The van der Waals surface area contributed by atoms with Crippen molar-refractivity contribution < 1.29 is 9.18 Å². The van der Waals surface area contributed by atoms with Gasteiger partial charge in [-0.15, -0.1) is 10.2 Å². The van der Waals surface area contributed by atoms with Gasteiger partial charge in [-0.25, -0.2) is 4.39 Å². The monoisotopic (exact) mass is 425 g/mol. The van der Waals surface area contributed by atoms with Crippen LogP contribution in [0.4, 0.5) is 4.39 Å². The molecule has 156 valence electrons. The van der Waals surface area contributed by atoms with Crippen LogP contribution in [0.3, 0.4) is 0 Å². The second-order valence-electron chi connectivity index (χ2n) is 7.57. The van der Waals surface area contributed by atoms with Crippen molar-refractivity contribution >= 4 is 17.7 Å². The summed E-state index contributed by atoms with van der Waals surface area (Å²) in [5.74, 6) is 0.705. The maximum Gasteiger partial charge on any atom is 0.233 e. The van der Waals surface area contributed by atoms with Crippen molar-refractivity contribution in [3.8, 4) is 17.1 Å². The highest BCUT2D eigenvalue weighted by Gasteiger charge is 2.29. The number of aromatic nitrogens is 4. The molecule has 1 aromatic carbocycles. The summed E-state index contributed by atoms with van der Waals surface area (Å²) < 4.78 is 15.3. The summed E-state index contributed by atoms with van der Waals surface area (Å²) in [6.07, 6.45) is 6.62. The molecule has 1 saturated heterocycles. The fraction of sp³-hybridized carbons (Fsp3) is 0.364. The van der Waals surface area contributed by atoms with Crippen LogP contribution >= 0.6 is 11.8 Å². The van der Waals surface area contributed by atoms with E-state index in [1.165, 1.54) is 23.9 Å². The number of hydrogen-bond acceptors (Lipinski definition) is 5. The largest absolute Gasteiger partial charge is 0.337 e. The summed E-state index contributed by atoms with van der Waals surface area (Å²) in [7, 11) is 0. The fourth-order valence-electron chi connectivity index (χ4n) is 3.99. The summed E-state index contributed by atoms with van der Waals surface area (Å²) >= 11 is 1.36. The number of halogens is 1. The van der Waals surface area contributed by atoms with E-state index in [0.29, 0.717) is 11.0 Å². The van der Waals surface area contributed by atoms with Crippen LogP contribution in [0.5, 0.6) is 0 Å². The number of benzene rings is 1. The number of amides is 1. The molecule has 1 fully saturated rings. The van der Waals surface area contributed by atoms with Crippen LogP contribution in [0, 0.1) is 5.82 Å². The molecule has 0 radical (unpaired) electrons. The van der Waals surface area contributed by atoms with Crippen LogP contribution in [0.25, 0.3) is 17.1 Å². The molecule has 8 heteroatoms. The summed E-state index contributed by atoms with van der Waals surface area (Å²) in [5, 5.41) is 9.29. The summed E-state index contributed by atoms with van der Waals surface area (Å²) in [6, 6.07) is 10.4. The van der Waals surface area contributed by atoms with E-state index in [1.807, 2.05) is 21.6 Å². The normalized spacial score (nSPS) is 19.1. The lowest BCUT2D eigenvalue weighted by Crippen LogP contribution is -2.48. The van der Waals surface area contributed by atoms with Crippen LogP contribution in [0.15, 0.2) is 53.9 Å². The number of thioether (sulfide) groups is 1. The molecule has 1 aliphatic rings. The smallest absolute Gasteiger partial charge is 0.233 e. The van der Waals surface area contributed by atoms with E-state index in [2.05, 4.69) is 29.0 Å². The zero-order valence-corrected chi connectivity index (χ0v) is 17.8. The second kappa shape index (κ2) is 8.95. The molecule has 0 bridgehead atoms. The van der Waals surface area contributed by atoms with Gasteiger partial charge in [0.2, 0.25) is 5.91 Å². The number of carbonyl (C=O) groups excluding carboxylic acids is 1. The number of piperidine rings is 1. The van der Waals surface area contributed by atoms with Gasteiger partial charge >= 0.3 is 0 Å². The van der Waals surface area contributed by atoms with Gasteiger partial charge < -0.3 is 4.90 Å². The summed E-state index contributed by atoms with van der Waals surface area (Å²) in [5.41, 5.74) is 1.58. The predicted octanol–water partition coefficient (Wildman–Crippen LogP) is 4.35. The fourth-order valence-corrected chi connectivity index (χ4v) is 4.81. The second-order valence-corrected chi connectivity index (χ2v) is 8.52. The Morgan fingerprint density at radius 1 is 1.07 bits per heavy atom. The van der Waals surface area contributed by atoms with E-state index >= 15 is 0 Å². The first-order valence-corrected chi connectivity index (χ1v) is 11.1. The van der Waals surface area contributed by atoms with E-state index in [-0.39, 0.29) is 29.6 Å². The quantitative estimate of drug-likeness (QED) is 0.569. The first kappa shape index (κ1) is 20.5. The van der Waals surface area contributed by atoms with Crippen LogP contribution < -0.4 is 0 Å². The number of likely N-dealkylation sites (tertiary alicyclic amines) is 1. The predicted molar refractivity (Wildman–Crippen MR) is 115 cm³/mol. The Morgan fingerprint density at radius 3 is 2.40 bits per heavy atom. The molecule has 0 N–H and O–H groups in total. The summed E-state index contributed by atoms with van der Waals surface area (Å²) in [6.45, 7) is 4.22. The van der Waals surface area contributed by atoms with Gasteiger partial charge in [-0.1, -0.05) is 11.8 Å². The van der Waals surface area contributed by atoms with Crippen LogP contribution in [-0.4, -0.2) is 48.4 Å². The van der Waals surface area contributed by atoms with Crippen molar-refractivity contribution in [3.63, 3.8) is 0 Å². The Morgan fingerprint density at radius 2 is 1.73 bits per heavy atom. The highest BCUT2D eigenvalue weighted by atomic mass is 32.2. The third kappa shape index (κ3) is 4.23. The molecule has 4 rings (SSSR count). The Kier molecular flexibility index (Phi) is 6.13. The maximum absolute atomic E-state index is 13.5. The van der Waals surface area contributed by atoms with E-state index in [4.69, 9.17) is 0 Å². The van der Waals surface area contributed by atoms with Crippen LogP contribution in [0.1, 0.15) is 33.1 Å². The molecule has 1 aliphatic heterocycles. The highest BCUT2D eigenvalue weighted by molar-refractivity contribution is 7.99. The van der Waals surface area contributed by atoms with Crippen molar-refractivity contribution in [3.05, 3.63) is 54.6 Å². The first-order chi connectivity index (χ1) is 14.5. The highest BCUT2D eigenvalue weighted by Crippen LogP contribution is 2.29. The minimum atomic E-state index is -0.310. The van der Waals surface area contributed by atoms with Crippen LogP contribution in [0.2, 0.25) is 0 Å². The Balaban J connectivity index is 1.62. The van der Waals surface area contributed by atoms with Gasteiger partial charge in [0.05, 0.1) is 5.75 Å². The van der Waals surface area contributed by atoms with E-state index in [0.717, 1.165) is 30.5 Å². The molecular formula is C22H24FN5OS. The molecule has 3 heterocycles. The van der Waals surface area contributed by atoms with Crippen molar-refractivity contribution in [1.82, 2.24) is 24.6 Å². The van der Waals surface area contributed by atoms with Gasteiger partial charge in [0.1, 0.15) is 5.82 Å². The SMILES string of the molecule is C[C@@H]1CCC[C@@H](C)N1C(=O)CSc1nnc(-c2ccncc2)n1-c1ccc(F)cc1. The van der Waals surface area contributed by atoms with Gasteiger partial charge in [-0.3, -0.25) is 14.3 Å². The van der Waals surface area contributed by atoms with Gasteiger partial charge in [-0.2, -0.15) is 0 Å². The number of hydrogen-bond donors (Lipinski definition) is 0. The third-order valence-electron chi connectivity index (χ3n) is 5.46. The Bertz CT molecular complexity index is 998. The van der Waals surface area contributed by atoms with Gasteiger partial charge in [0, 0.05) is 35.7 Å². The molecule has 0 unspecified atom stereocenters. The van der Waals surface area contributed by atoms with Gasteiger partial charge in [-0.05, 0) is 69.5 Å². The van der Waals surface area contributed by atoms with Gasteiger partial charge in [0.15, 0.2) is 11.0 Å². The van der Waals surface area contributed by atoms with Crippen molar-refractivity contribution in [2.75, 3.05) is 5.75 Å². The minimum Gasteiger partial charge on any atom is -0.337 e. The Labute approximate surface area is 179 Å². The molecular weight excluding hydrogens is 401 g/mol. The standard InChI is InChI=1S/C22H24FN5OS/c1-15-4-3-5-16(2)27(15)20(29)14-30-22-26-25-21(17-10-12-24-13-11-17)28(22)19-8-6-18(23)7-9-19/h6-13,15-16H,3-5,14H2,1-2H3/t15-,16-/m1/s1. The number of pyridine rings is 1. The van der Waals surface area contributed by atoms with E-state index in [1.54, 1.807) is 24.5 Å². The zero-order valence-electron chi connectivity index (χ0n) is 17.0. The molecule has 2 atom stereocenters. The van der Waals surface area contributed by atoms with Crippen molar-refractivity contribution in [2.45, 2.75) is 50.4 Å². The van der Waals surface area contributed by atoms with Crippen molar-refractivity contribution in [2.24, 2.45) is 0 Å². The lowest BCUT2D eigenvalue weighted by molar-refractivity contribution is -0.134. The molecule has 30 heavy (non-hydrogen) atoms. The average Bonchev–Trinajstić information content (AvgIpc) is 3.17. The first-order valence-electron chi connectivity index (χ1n) is 10.1. The summed E-state index contributed by atoms with van der Waals surface area (Å²) in [4.78, 5) is 19.0. The van der Waals surface area contributed by atoms with Crippen molar-refractivity contribution in [1.29, 1.82) is 0 Å². The topological polar surface area (TPSA) is 63.9 Å². The maximum atomic E-state index is 13.5. The molecule has 0 saturated carbocycles. The molecule has 1 amide bonds. The number of nitrogens with zero attached hydrogens (tertiary/aromatic N) is 5. The minimum absolute atomic E-state index is 0.110. The number of carbonyl (C=O) groups is 1. The molecule has 3 aromatic rings. The molecule has 2 aromatic heterocycles. The zero-order chi connectivity index (χ0) is 21.1. The lowest BCUT2D eigenvalue weighted by atomic mass is 9.98. The van der Waals surface area contributed by atoms with E-state index < -0.39 is 0 Å². The van der Waals surface area contributed by atoms with Crippen LogP contribution in [-0.2, 0) is 4.79 Å². The Hall–Kier alpha value is -2.74. The molecule has 6 nitrogen and oxygen atoms in total. The lowest BCUT2D eigenvalue weighted by Gasteiger charge is -2.39. The number of rotatable bonds is 5. The molecule has 0 spiro atoms. The third-order valence-corrected chi connectivity index (χ3v) is 6.38. The van der Waals surface area contributed by atoms with Gasteiger partial charge in [0.25, 0.3) is 0 Å². The molecule has 0 aliphatic carbocycles.